The summed E-state index contributed by atoms with van der Waals surface area (Å²) in [6, 6.07) is 0. The number of carbonyl (C=O) groups excluding carboxylic acids is 1. The first-order valence-electron chi connectivity index (χ1n) is 13.5. The summed E-state index contributed by atoms with van der Waals surface area (Å²) < 4.78 is 0. The van der Waals surface area contributed by atoms with E-state index in [0.29, 0.717) is 18.2 Å². The van der Waals surface area contributed by atoms with Crippen molar-refractivity contribution in [2.45, 2.75) is 85.5 Å². The Morgan fingerprint density at radius 1 is 0.839 bits per heavy atom. The van der Waals surface area contributed by atoms with Gasteiger partial charge in [-0.25, -0.2) is 0 Å². The average Bonchev–Trinajstić information content (AvgIpc) is 3.23. The summed E-state index contributed by atoms with van der Waals surface area (Å²) >= 11 is 0. The molecule has 31 heavy (non-hydrogen) atoms. The molecule has 0 bridgehead atoms. The molecule has 0 aliphatic heterocycles. The van der Waals surface area contributed by atoms with Gasteiger partial charge < -0.3 is 5.32 Å². The van der Waals surface area contributed by atoms with E-state index >= 15 is 0 Å². The summed E-state index contributed by atoms with van der Waals surface area (Å²) in [6.07, 6.45) is 12.8. The average molecular weight is 436 g/mol. The number of fused-ring (bicyclic) bond motifs is 5. The number of likely N-dealkylation sites (N-methyl/N-ethyl adjacent to an activating group) is 1. The number of rotatable bonds is 5. The molecule has 0 radical (unpaired) electrons. The zero-order valence-electron chi connectivity index (χ0n) is 21.8. The molecule has 4 rings (SSSR count). The zero-order valence-corrected chi connectivity index (χ0v) is 21.8. The van der Waals surface area contributed by atoms with Crippen LogP contribution < -0.4 is 10.7 Å². The molecule has 0 aromatic carbocycles. The zero-order chi connectivity index (χ0) is 23.0. The van der Waals surface area contributed by atoms with Gasteiger partial charge in [-0.2, -0.15) is 0 Å². The second-order valence-electron chi connectivity index (χ2n) is 10.7. The van der Waals surface area contributed by atoms with Crippen LogP contribution >= 0.6 is 0 Å². The van der Waals surface area contributed by atoms with Crippen LogP contribution in [0, 0.1) is 47.3 Å². The second kappa shape index (κ2) is 13.3. The maximum Gasteiger partial charge on any atom is 0.149 e. The van der Waals surface area contributed by atoms with Crippen LogP contribution in [0.5, 0.6) is 0 Å². The number of ketones is 1. The second-order valence-corrected chi connectivity index (χ2v) is 10.7. The van der Waals surface area contributed by atoms with E-state index in [-0.39, 0.29) is 0 Å². The fourth-order valence-electron chi connectivity index (χ4n) is 7.52. The van der Waals surface area contributed by atoms with E-state index in [4.69, 9.17) is 0 Å². The van der Waals surface area contributed by atoms with Crippen LogP contribution in [0.15, 0.2) is 0 Å². The summed E-state index contributed by atoms with van der Waals surface area (Å²) in [5.74, 6) is 7.56. The molecular formula is C27H53N3O. The van der Waals surface area contributed by atoms with E-state index in [1.165, 1.54) is 57.8 Å². The van der Waals surface area contributed by atoms with Crippen molar-refractivity contribution in [2.24, 2.45) is 47.3 Å². The quantitative estimate of drug-likeness (QED) is 0.568. The molecule has 8 atom stereocenters. The Morgan fingerprint density at radius 2 is 1.35 bits per heavy atom. The molecule has 4 nitrogen and oxygen atoms in total. The number of Topliss-reactive ketones (excluding diaryl/α,β-unsaturated/α-hetero) is 1. The Hall–Kier alpha value is -0.450. The molecule has 0 aromatic heterocycles. The lowest BCUT2D eigenvalue weighted by Gasteiger charge is -2.53. The largest absolute Gasteiger partial charge is 0.310 e. The predicted molar refractivity (Wildman–Crippen MR) is 133 cm³/mol. The summed E-state index contributed by atoms with van der Waals surface area (Å²) in [5.41, 5.74) is 2.86. The minimum absolute atomic E-state index is 0.388. The van der Waals surface area contributed by atoms with Gasteiger partial charge in [0.25, 0.3) is 0 Å². The summed E-state index contributed by atoms with van der Waals surface area (Å²) in [6.45, 7) is 10.1. The van der Waals surface area contributed by atoms with Crippen LogP contribution in [0.2, 0.25) is 0 Å². The van der Waals surface area contributed by atoms with Gasteiger partial charge in [0, 0.05) is 20.0 Å². The highest BCUT2D eigenvalue weighted by atomic mass is 16.1. The smallest absolute Gasteiger partial charge is 0.149 e. The van der Waals surface area contributed by atoms with Crippen LogP contribution in [0.25, 0.3) is 0 Å². The fraction of sp³-hybridized carbons (Fsp3) is 0.963. The lowest BCUT2D eigenvalue weighted by atomic mass is 9.52. The lowest BCUT2D eigenvalue weighted by Crippen LogP contribution is -2.45. The fourth-order valence-corrected chi connectivity index (χ4v) is 7.52. The molecule has 4 fully saturated rings. The molecule has 0 aromatic rings. The van der Waals surface area contributed by atoms with Crippen molar-refractivity contribution >= 4 is 5.78 Å². The van der Waals surface area contributed by atoms with Crippen molar-refractivity contribution in [3.63, 3.8) is 0 Å². The molecule has 4 aliphatic rings. The monoisotopic (exact) mass is 435 g/mol. The molecular weight excluding hydrogens is 382 g/mol. The molecule has 4 aliphatic carbocycles. The van der Waals surface area contributed by atoms with Gasteiger partial charge >= 0.3 is 0 Å². The molecule has 182 valence electrons. The van der Waals surface area contributed by atoms with Gasteiger partial charge in [0.15, 0.2) is 0 Å². The van der Waals surface area contributed by atoms with Crippen LogP contribution in [0.1, 0.15) is 85.5 Å². The number of nitrogens with zero attached hydrogens (tertiary/aromatic N) is 1. The van der Waals surface area contributed by atoms with E-state index in [0.717, 1.165) is 48.0 Å². The van der Waals surface area contributed by atoms with Gasteiger partial charge in [-0.3, -0.25) is 15.2 Å². The number of hydrogen-bond acceptors (Lipinski definition) is 4. The molecule has 4 heteroatoms. The van der Waals surface area contributed by atoms with E-state index < -0.39 is 0 Å². The first-order chi connectivity index (χ1) is 15.0. The number of hydrogen-bond donors (Lipinski definition) is 2. The van der Waals surface area contributed by atoms with E-state index in [1.54, 1.807) is 0 Å². The normalized spacial score (nSPS) is 38.6. The molecule has 0 saturated heterocycles. The molecule has 4 saturated carbocycles. The SMILES string of the molecule is CC.CCNCC(=O)C1CCC2C1CCC1C3CCC(C)CC3CCC12.CNN(C)C. The third-order valence-corrected chi connectivity index (χ3v) is 8.95. The maximum atomic E-state index is 12.6. The Bertz CT molecular complexity index is 523. The highest BCUT2D eigenvalue weighted by molar-refractivity contribution is 5.83. The Morgan fingerprint density at radius 3 is 2.00 bits per heavy atom. The third-order valence-electron chi connectivity index (χ3n) is 8.95. The van der Waals surface area contributed by atoms with Crippen molar-refractivity contribution in [3.8, 4) is 0 Å². The number of hydrazine groups is 1. The Kier molecular flexibility index (Phi) is 11.5. The van der Waals surface area contributed by atoms with E-state index in [9.17, 15) is 4.79 Å². The van der Waals surface area contributed by atoms with Crippen molar-refractivity contribution in [1.82, 2.24) is 15.8 Å². The van der Waals surface area contributed by atoms with Crippen molar-refractivity contribution in [2.75, 3.05) is 34.2 Å². The highest BCUT2D eigenvalue weighted by Crippen LogP contribution is 2.59. The highest BCUT2D eigenvalue weighted by Gasteiger charge is 2.52. The van der Waals surface area contributed by atoms with E-state index in [1.807, 2.05) is 40.0 Å². The molecule has 0 spiro atoms. The Labute approximate surface area is 193 Å². The van der Waals surface area contributed by atoms with Crippen molar-refractivity contribution < 1.29 is 4.79 Å². The minimum atomic E-state index is 0.388. The summed E-state index contributed by atoms with van der Waals surface area (Å²) in [4.78, 5) is 12.6. The molecule has 8 unspecified atom stereocenters. The van der Waals surface area contributed by atoms with Crippen LogP contribution in [0.3, 0.4) is 0 Å². The standard InChI is InChI=1S/C22H37NO.C3H10N2.C2H6/c1-3-23-13-22(24)21-11-10-19-18-7-5-15-12-14(2)4-6-16(15)17(18)8-9-20(19)21;1-4-5(2)3;1-2/h14-21,23H,3-13H2,1-2H3;4H,1-3H3;1-2H3. The lowest BCUT2D eigenvalue weighted by molar-refractivity contribution is -0.124. The van der Waals surface area contributed by atoms with Crippen LogP contribution in [0.4, 0.5) is 0 Å². The van der Waals surface area contributed by atoms with Crippen LogP contribution in [-0.4, -0.2) is 45.0 Å². The Balaban J connectivity index is 0.000000432. The molecule has 0 amide bonds. The van der Waals surface area contributed by atoms with Gasteiger partial charge in [-0.15, -0.1) is 0 Å². The topological polar surface area (TPSA) is 44.4 Å². The summed E-state index contributed by atoms with van der Waals surface area (Å²) in [7, 11) is 5.76. The predicted octanol–water partition coefficient (Wildman–Crippen LogP) is 5.39. The van der Waals surface area contributed by atoms with Gasteiger partial charge in [-0.05, 0) is 106 Å². The van der Waals surface area contributed by atoms with E-state index in [2.05, 4.69) is 24.6 Å². The first kappa shape index (κ1) is 26.8. The molecule has 2 N–H and O–H groups in total. The van der Waals surface area contributed by atoms with Gasteiger partial charge in [0.05, 0.1) is 6.54 Å². The number of carbonyl (C=O) groups is 1. The van der Waals surface area contributed by atoms with Crippen LogP contribution in [-0.2, 0) is 4.79 Å². The summed E-state index contributed by atoms with van der Waals surface area (Å²) in [5, 5.41) is 5.14. The first-order valence-corrected chi connectivity index (χ1v) is 13.5. The van der Waals surface area contributed by atoms with Crippen molar-refractivity contribution in [1.29, 1.82) is 0 Å². The maximum absolute atomic E-state index is 12.6. The van der Waals surface area contributed by atoms with Gasteiger partial charge in [-0.1, -0.05) is 34.1 Å². The number of nitrogens with one attached hydrogen (secondary N) is 2. The molecule has 0 heterocycles. The minimum Gasteiger partial charge on any atom is -0.310 e. The van der Waals surface area contributed by atoms with Gasteiger partial charge in [0.2, 0.25) is 0 Å². The third kappa shape index (κ3) is 6.77. The van der Waals surface area contributed by atoms with Crippen molar-refractivity contribution in [3.05, 3.63) is 0 Å². The van der Waals surface area contributed by atoms with Gasteiger partial charge in [0.1, 0.15) is 5.78 Å².